The van der Waals surface area contributed by atoms with Gasteiger partial charge >= 0.3 is 0 Å². The summed E-state index contributed by atoms with van der Waals surface area (Å²) >= 11 is 0. The number of rotatable bonds is 4. The molecule has 20 heavy (non-hydrogen) atoms. The van der Waals surface area contributed by atoms with Gasteiger partial charge in [-0.3, -0.25) is 0 Å². The normalized spacial score (nSPS) is 12.4. The predicted molar refractivity (Wildman–Crippen MR) is 68.2 cm³/mol. The summed E-state index contributed by atoms with van der Waals surface area (Å²) in [5.41, 5.74) is 0.339. The summed E-state index contributed by atoms with van der Waals surface area (Å²) in [6.07, 6.45) is 0.0863. The Morgan fingerprint density at radius 3 is 2.20 bits per heavy atom. The van der Waals surface area contributed by atoms with Crippen molar-refractivity contribution in [1.29, 1.82) is 0 Å². The van der Waals surface area contributed by atoms with Crippen LogP contribution in [0.4, 0.5) is 17.6 Å². The fraction of sp³-hybridized carbons (Fsp3) is 0.200. The third kappa shape index (κ3) is 3.17. The van der Waals surface area contributed by atoms with Crippen LogP contribution in [0.3, 0.4) is 0 Å². The van der Waals surface area contributed by atoms with Crippen LogP contribution >= 0.6 is 0 Å². The maximum atomic E-state index is 13.7. The molecule has 0 saturated heterocycles. The lowest BCUT2D eigenvalue weighted by Crippen LogP contribution is -2.21. The summed E-state index contributed by atoms with van der Waals surface area (Å²) in [5.74, 6) is -2.53. The van der Waals surface area contributed by atoms with Gasteiger partial charge in [0.15, 0.2) is 0 Å². The quantitative estimate of drug-likeness (QED) is 0.843. The minimum atomic E-state index is -0.706. The van der Waals surface area contributed by atoms with Gasteiger partial charge in [-0.25, -0.2) is 17.6 Å². The van der Waals surface area contributed by atoms with Crippen LogP contribution in [0.15, 0.2) is 36.4 Å². The Hall–Kier alpha value is -1.88. The minimum Gasteiger partial charge on any atom is -0.313 e. The molecule has 0 aromatic heterocycles. The van der Waals surface area contributed by atoms with E-state index < -0.39 is 29.3 Å². The molecule has 2 aromatic rings. The molecule has 0 bridgehead atoms. The lowest BCUT2D eigenvalue weighted by atomic mass is 9.98. The molecule has 0 fully saturated rings. The Balaban J connectivity index is 2.31. The van der Waals surface area contributed by atoms with E-state index in [1.54, 1.807) is 7.05 Å². The van der Waals surface area contributed by atoms with Gasteiger partial charge in [-0.05, 0) is 43.3 Å². The van der Waals surface area contributed by atoms with Crippen LogP contribution in [-0.2, 0) is 6.42 Å². The van der Waals surface area contributed by atoms with Crippen LogP contribution < -0.4 is 5.32 Å². The van der Waals surface area contributed by atoms with Crippen molar-refractivity contribution >= 4 is 0 Å². The van der Waals surface area contributed by atoms with E-state index >= 15 is 0 Å². The average molecular weight is 283 g/mol. The van der Waals surface area contributed by atoms with Crippen LogP contribution in [-0.4, -0.2) is 7.05 Å². The van der Waals surface area contributed by atoms with Gasteiger partial charge in [-0.2, -0.15) is 0 Å². The smallest absolute Gasteiger partial charge is 0.129 e. The van der Waals surface area contributed by atoms with E-state index in [4.69, 9.17) is 0 Å². The number of nitrogens with one attached hydrogen (secondary N) is 1. The number of benzene rings is 2. The molecule has 1 unspecified atom stereocenters. The highest BCUT2D eigenvalue weighted by molar-refractivity contribution is 5.26. The maximum Gasteiger partial charge on any atom is 0.129 e. The van der Waals surface area contributed by atoms with Crippen molar-refractivity contribution in [1.82, 2.24) is 5.32 Å². The molecule has 0 radical (unpaired) electrons. The first-order valence-electron chi connectivity index (χ1n) is 6.07. The fourth-order valence-corrected chi connectivity index (χ4v) is 2.06. The Labute approximate surface area is 114 Å². The summed E-state index contributed by atoms with van der Waals surface area (Å²) in [6.45, 7) is 0. The molecule has 0 aliphatic rings. The molecule has 0 aliphatic heterocycles. The average Bonchev–Trinajstić information content (AvgIpc) is 2.41. The van der Waals surface area contributed by atoms with E-state index in [9.17, 15) is 17.6 Å². The zero-order valence-electron chi connectivity index (χ0n) is 10.8. The van der Waals surface area contributed by atoms with Gasteiger partial charge in [-0.15, -0.1) is 0 Å². The first-order valence-corrected chi connectivity index (χ1v) is 6.07. The summed E-state index contributed by atoms with van der Waals surface area (Å²) in [6, 6.07) is 5.70. The lowest BCUT2D eigenvalue weighted by Gasteiger charge is -2.18. The number of hydrogen-bond donors (Lipinski definition) is 1. The van der Waals surface area contributed by atoms with Gasteiger partial charge in [0.1, 0.15) is 23.3 Å². The predicted octanol–water partition coefficient (Wildman–Crippen LogP) is 3.75. The molecule has 5 heteroatoms. The molecule has 0 heterocycles. The first-order chi connectivity index (χ1) is 9.51. The standard InChI is InChI=1S/C15H13F4N/c1-20-15(12-7-10(16)4-5-13(12)18)6-9-2-3-11(17)8-14(9)19/h2-5,7-8,15,20H,6H2,1H3. The van der Waals surface area contributed by atoms with Gasteiger partial charge in [0.05, 0.1) is 0 Å². The van der Waals surface area contributed by atoms with Crippen molar-refractivity contribution in [3.63, 3.8) is 0 Å². The molecule has 1 nitrogen and oxygen atoms in total. The molecular weight excluding hydrogens is 270 g/mol. The molecule has 2 rings (SSSR count). The van der Waals surface area contributed by atoms with E-state index in [0.717, 1.165) is 30.3 Å². The Kier molecular flexibility index (Phi) is 4.39. The van der Waals surface area contributed by atoms with Crippen LogP contribution in [0.5, 0.6) is 0 Å². The first kappa shape index (κ1) is 14.5. The molecule has 0 amide bonds. The zero-order valence-corrected chi connectivity index (χ0v) is 10.8. The topological polar surface area (TPSA) is 12.0 Å². The van der Waals surface area contributed by atoms with Crippen molar-refractivity contribution in [3.8, 4) is 0 Å². The van der Waals surface area contributed by atoms with Crippen molar-refractivity contribution in [2.24, 2.45) is 0 Å². The van der Waals surface area contributed by atoms with Gasteiger partial charge in [-0.1, -0.05) is 6.07 Å². The van der Waals surface area contributed by atoms with Crippen molar-refractivity contribution in [2.75, 3.05) is 7.05 Å². The molecule has 0 saturated carbocycles. The van der Waals surface area contributed by atoms with E-state index in [-0.39, 0.29) is 17.5 Å². The number of halogens is 4. The highest BCUT2D eigenvalue weighted by Gasteiger charge is 2.17. The van der Waals surface area contributed by atoms with Crippen molar-refractivity contribution in [3.05, 3.63) is 70.8 Å². The van der Waals surface area contributed by atoms with E-state index in [2.05, 4.69) is 5.32 Å². The molecule has 1 N–H and O–H groups in total. The van der Waals surface area contributed by atoms with Crippen LogP contribution in [0.1, 0.15) is 17.2 Å². The third-order valence-corrected chi connectivity index (χ3v) is 3.12. The minimum absolute atomic E-state index is 0.0863. The second kappa shape index (κ2) is 6.05. The Morgan fingerprint density at radius 1 is 0.900 bits per heavy atom. The largest absolute Gasteiger partial charge is 0.313 e. The molecule has 106 valence electrons. The second-order valence-corrected chi connectivity index (χ2v) is 4.45. The fourth-order valence-electron chi connectivity index (χ4n) is 2.06. The summed E-state index contributed by atoms with van der Waals surface area (Å²) in [5, 5.41) is 2.81. The van der Waals surface area contributed by atoms with E-state index in [0.29, 0.717) is 0 Å². The zero-order chi connectivity index (χ0) is 14.7. The number of hydrogen-bond acceptors (Lipinski definition) is 1. The van der Waals surface area contributed by atoms with Gasteiger partial charge in [0.25, 0.3) is 0 Å². The second-order valence-electron chi connectivity index (χ2n) is 4.45. The Morgan fingerprint density at radius 2 is 1.55 bits per heavy atom. The monoisotopic (exact) mass is 283 g/mol. The molecule has 0 aliphatic carbocycles. The van der Waals surface area contributed by atoms with E-state index in [1.807, 2.05) is 0 Å². The lowest BCUT2D eigenvalue weighted by molar-refractivity contribution is 0.508. The molecule has 1 atom stereocenters. The van der Waals surface area contributed by atoms with Gasteiger partial charge in [0, 0.05) is 17.7 Å². The number of likely N-dealkylation sites (N-methyl/N-ethyl adjacent to an activating group) is 1. The van der Waals surface area contributed by atoms with Gasteiger partial charge < -0.3 is 5.32 Å². The summed E-state index contributed by atoms with van der Waals surface area (Å²) in [4.78, 5) is 0. The summed E-state index contributed by atoms with van der Waals surface area (Å²) in [7, 11) is 1.57. The Bertz CT molecular complexity index is 613. The highest BCUT2D eigenvalue weighted by Crippen LogP contribution is 2.23. The van der Waals surface area contributed by atoms with Crippen LogP contribution in [0, 0.1) is 23.3 Å². The summed E-state index contributed by atoms with van der Waals surface area (Å²) < 4.78 is 53.4. The SMILES string of the molecule is CNC(Cc1ccc(F)cc1F)c1cc(F)ccc1F. The molecule has 0 spiro atoms. The van der Waals surface area contributed by atoms with Crippen molar-refractivity contribution in [2.45, 2.75) is 12.5 Å². The van der Waals surface area contributed by atoms with E-state index in [1.165, 1.54) is 6.07 Å². The van der Waals surface area contributed by atoms with Crippen molar-refractivity contribution < 1.29 is 17.6 Å². The highest BCUT2D eigenvalue weighted by atomic mass is 19.1. The molecular formula is C15H13F4N. The van der Waals surface area contributed by atoms with Crippen LogP contribution in [0.2, 0.25) is 0 Å². The third-order valence-electron chi connectivity index (χ3n) is 3.12. The molecule has 2 aromatic carbocycles. The van der Waals surface area contributed by atoms with Gasteiger partial charge in [0.2, 0.25) is 0 Å². The maximum absolute atomic E-state index is 13.7. The van der Waals surface area contributed by atoms with Crippen LogP contribution in [0.25, 0.3) is 0 Å².